The number of fused-ring (bicyclic) bond motifs is 1. The summed E-state index contributed by atoms with van der Waals surface area (Å²) in [5, 5.41) is 4.21. The van der Waals surface area contributed by atoms with Crippen LogP contribution in [0.15, 0.2) is 91.1 Å². The van der Waals surface area contributed by atoms with E-state index in [4.69, 9.17) is 10.7 Å². The van der Waals surface area contributed by atoms with Crippen molar-refractivity contribution in [3.8, 4) is 0 Å². The lowest BCUT2D eigenvalue weighted by Gasteiger charge is -2.18. The number of aryl methyl sites for hydroxylation is 3. The molecule has 5 aromatic rings. The number of allylic oxidation sites excluding steroid dienone is 2. The minimum Gasteiger partial charge on any atom is -0.361 e. The molecule has 1 amide bonds. The number of para-hydroxylation sites is 1. The van der Waals surface area contributed by atoms with Crippen LogP contribution in [0, 0.1) is 0 Å². The van der Waals surface area contributed by atoms with Gasteiger partial charge in [-0.25, -0.2) is 4.98 Å². The number of nitrogens with one attached hydrogen (secondary N) is 2. The smallest absolute Gasteiger partial charge is 0.239 e. The van der Waals surface area contributed by atoms with E-state index < -0.39 is 5.54 Å². The van der Waals surface area contributed by atoms with Crippen molar-refractivity contribution >= 4 is 22.4 Å². The van der Waals surface area contributed by atoms with Gasteiger partial charge in [-0.05, 0) is 80.9 Å². The summed E-state index contributed by atoms with van der Waals surface area (Å²) in [5.41, 5.74) is 15.3. The van der Waals surface area contributed by atoms with E-state index in [1.165, 1.54) is 51.7 Å². The molecule has 0 saturated carbocycles. The van der Waals surface area contributed by atoms with Crippen molar-refractivity contribution in [2.45, 2.75) is 92.3 Å². The quantitative estimate of drug-likeness (QED) is 0.132. The van der Waals surface area contributed by atoms with Crippen LogP contribution in [-0.2, 0) is 43.6 Å². The van der Waals surface area contributed by atoms with Crippen molar-refractivity contribution in [1.29, 1.82) is 0 Å². The minimum absolute atomic E-state index is 0.184. The Balaban J connectivity index is 0.000000310. The lowest BCUT2D eigenvalue weighted by Crippen LogP contribution is -2.49. The number of hydrogen-bond acceptors (Lipinski definition) is 3. The van der Waals surface area contributed by atoms with Crippen molar-refractivity contribution in [2.75, 3.05) is 0 Å². The summed E-state index contributed by atoms with van der Waals surface area (Å²) in [6.07, 6.45) is 9.18. The van der Waals surface area contributed by atoms with E-state index >= 15 is 0 Å². The molecule has 0 spiro atoms. The number of H-pyrrole nitrogens is 1. The number of aromatic amines is 1. The first kappa shape index (κ1) is 34.5. The standard InChI is InChI=1S/C27H33N5O.C13H18/c1-4-22-24(16-20-17-29-23-13-9-8-12-21(20)23)32(15-14-19-10-6-5-7-11-19)25(31-22)18-30-26(33)27(2,3)28;1-4-8-12-9-6-7-10-13(12)11(3)5-2/h5-13,17,29H,4,14-16,18,28H2,1-3H3,(H,30,33);5-7,9-10H,4,8H2,1-3H3/b;11-5-. The van der Waals surface area contributed by atoms with E-state index in [9.17, 15) is 4.79 Å². The molecule has 0 unspecified atom stereocenters. The van der Waals surface area contributed by atoms with Gasteiger partial charge in [0, 0.05) is 35.8 Å². The topological polar surface area (TPSA) is 88.7 Å². The Hall–Kier alpha value is -4.42. The third-order valence-electron chi connectivity index (χ3n) is 8.46. The van der Waals surface area contributed by atoms with Crippen LogP contribution in [0.1, 0.15) is 87.4 Å². The van der Waals surface area contributed by atoms with Gasteiger partial charge in [-0.2, -0.15) is 0 Å². The Morgan fingerprint density at radius 1 is 0.957 bits per heavy atom. The minimum atomic E-state index is -0.929. The molecular weight excluding hydrogens is 566 g/mol. The summed E-state index contributed by atoms with van der Waals surface area (Å²) >= 11 is 0. The second-order valence-electron chi connectivity index (χ2n) is 12.5. The normalized spacial score (nSPS) is 11.8. The van der Waals surface area contributed by atoms with Gasteiger partial charge in [0.1, 0.15) is 5.82 Å². The first-order chi connectivity index (χ1) is 22.2. The lowest BCUT2D eigenvalue weighted by molar-refractivity contribution is -0.125. The summed E-state index contributed by atoms with van der Waals surface area (Å²) in [4.78, 5) is 20.8. The average molecular weight is 618 g/mol. The Labute approximate surface area is 275 Å². The second-order valence-corrected chi connectivity index (χ2v) is 12.5. The van der Waals surface area contributed by atoms with Crippen LogP contribution in [0.2, 0.25) is 0 Å². The number of aromatic nitrogens is 3. The molecule has 0 atom stereocenters. The fraction of sp³-hybridized carbons (Fsp3) is 0.350. The molecule has 5 rings (SSSR count). The number of carbonyl (C=O) groups excluding carboxylic acids is 1. The zero-order valence-corrected chi connectivity index (χ0v) is 28.5. The van der Waals surface area contributed by atoms with Gasteiger partial charge in [0.15, 0.2) is 0 Å². The van der Waals surface area contributed by atoms with Crippen LogP contribution in [0.5, 0.6) is 0 Å². The van der Waals surface area contributed by atoms with Crippen molar-refractivity contribution in [3.05, 3.63) is 131 Å². The number of rotatable bonds is 12. The van der Waals surface area contributed by atoms with E-state index in [1.807, 2.05) is 12.1 Å². The molecule has 0 saturated heterocycles. The molecule has 0 aliphatic rings. The van der Waals surface area contributed by atoms with Crippen LogP contribution < -0.4 is 11.1 Å². The van der Waals surface area contributed by atoms with Gasteiger partial charge in [0.05, 0.1) is 17.8 Å². The fourth-order valence-electron chi connectivity index (χ4n) is 5.75. The molecule has 2 heterocycles. The number of imidazole rings is 1. The zero-order valence-electron chi connectivity index (χ0n) is 28.5. The van der Waals surface area contributed by atoms with Crippen LogP contribution in [0.3, 0.4) is 0 Å². The van der Waals surface area contributed by atoms with Crippen LogP contribution in [0.25, 0.3) is 16.5 Å². The van der Waals surface area contributed by atoms with E-state index in [1.54, 1.807) is 13.8 Å². The predicted octanol–water partition coefficient (Wildman–Crippen LogP) is 8.18. The van der Waals surface area contributed by atoms with Crippen molar-refractivity contribution < 1.29 is 4.79 Å². The highest BCUT2D eigenvalue weighted by Crippen LogP contribution is 2.25. The molecule has 3 aromatic carbocycles. The summed E-state index contributed by atoms with van der Waals surface area (Å²) in [6.45, 7) is 13.2. The maximum Gasteiger partial charge on any atom is 0.239 e. The molecule has 2 aromatic heterocycles. The van der Waals surface area contributed by atoms with Gasteiger partial charge in [-0.15, -0.1) is 0 Å². The largest absolute Gasteiger partial charge is 0.361 e. The number of nitrogens with two attached hydrogens (primary N) is 1. The molecule has 242 valence electrons. The summed E-state index contributed by atoms with van der Waals surface area (Å²) < 4.78 is 2.29. The number of benzene rings is 3. The first-order valence-corrected chi connectivity index (χ1v) is 16.6. The Bertz CT molecular complexity index is 1740. The van der Waals surface area contributed by atoms with E-state index in [2.05, 4.69) is 122 Å². The van der Waals surface area contributed by atoms with Crippen LogP contribution in [0.4, 0.5) is 0 Å². The molecule has 0 aliphatic heterocycles. The van der Waals surface area contributed by atoms with E-state index in [0.29, 0.717) is 6.54 Å². The predicted molar refractivity (Wildman–Crippen MR) is 193 cm³/mol. The maximum atomic E-state index is 12.4. The Kier molecular flexibility index (Phi) is 12.2. The summed E-state index contributed by atoms with van der Waals surface area (Å²) in [7, 11) is 0. The van der Waals surface area contributed by atoms with E-state index in [-0.39, 0.29) is 5.91 Å². The fourth-order valence-corrected chi connectivity index (χ4v) is 5.75. The van der Waals surface area contributed by atoms with E-state index in [0.717, 1.165) is 42.8 Å². The third kappa shape index (κ3) is 8.85. The second kappa shape index (κ2) is 16.2. The average Bonchev–Trinajstić information content (AvgIpc) is 3.63. The van der Waals surface area contributed by atoms with Gasteiger partial charge in [-0.3, -0.25) is 4.79 Å². The molecule has 46 heavy (non-hydrogen) atoms. The van der Waals surface area contributed by atoms with Gasteiger partial charge in [-0.1, -0.05) is 99.1 Å². The highest BCUT2D eigenvalue weighted by Gasteiger charge is 2.23. The monoisotopic (exact) mass is 617 g/mol. The Morgan fingerprint density at radius 2 is 1.65 bits per heavy atom. The molecular formula is C40H51N5O. The van der Waals surface area contributed by atoms with Gasteiger partial charge < -0.3 is 20.6 Å². The van der Waals surface area contributed by atoms with Gasteiger partial charge in [0.25, 0.3) is 0 Å². The highest BCUT2D eigenvalue weighted by atomic mass is 16.2. The molecule has 0 bridgehead atoms. The van der Waals surface area contributed by atoms with Gasteiger partial charge in [0.2, 0.25) is 5.91 Å². The van der Waals surface area contributed by atoms with Crippen LogP contribution in [-0.4, -0.2) is 26.0 Å². The summed E-state index contributed by atoms with van der Waals surface area (Å²) in [5.74, 6) is 0.687. The maximum absolute atomic E-state index is 12.4. The number of nitrogens with zero attached hydrogens (tertiary/aromatic N) is 2. The van der Waals surface area contributed by atoms with Crippen molar-refractivity contribution in [2.24, 2.45) is 5.73 Å². The Morgan fingerprint density at radius 3 is 2.35 bits per heavy atom. The molecule has 6 nitrogen and oxygen atoms in total. The third-order valence-corrected chi connectivity index (χ3v) is 8.46. The molecule has 0 fully saturated rings. The number of amides is 1. The molecule has 0 radical (unpaired) electrons. The number of hydrogen-bond donors (Lipinski definition) is 3. The molecule has 0 aliphatic carbocycles. The SMILES string of the molecule is C/C=C(/C)c1ccccc1CCC.CCc1nc(CNC(=O)C(C)(C)N)n(CCc2ccccc2)c1Cc1c[nH]c2ccccc12. The molecule has 6 heteroatoms. The lowest BCUT2D eigenvalue weighted by atomic mass is 9.98. The zero-order chi connectivity index (χ0) is 33.1. The highest BCUT2D eigenvalue weighted by molar-refractivity contribution is 5.85. The molecule has 4 N–H and O–H groups in total. The number of carbonyl (C=O) groups is 1. The first-order valence-electron chi connectivity index (χ1n) is 16.6. The van der Waals surface area contributed by atoms with Crippen LogP contribution >= 0.6 is 0 Å². The van der Waals surface area contributed by atoms with Gasteiger partial charge >= 0.3 is 0 Å². The summed E-state index contributed by atoms with van der Waals surface area (Å²) in [6, 6.07) is 27.5. The van der Waals surface area contributed by atoms with Crippen molar-refractivity contribution in [1.82, 2.24) is 19.9 Å². The van der Waals surface area contributed by atoms with Crippen molar-refractivity contribution in [3.63, 3.8) is 0 Å².